The van der Waals surface area contributed by atoms with E-state index in [1.807, 2.05) is 17.9 Å². The van der Waals surface area contributed by atoms with Gasteiger partial charge in [-0.2, -0.15) is 5.26 Å². The fraction of sp³-hybridized carbons (Fsp3) is 0.312. The van der Waals surface area contributed by atoms with E-state index in [1.165, 1.54) is 17.4 Å². The summed E-state index contributed by atoms with van der Waals surface area (Å²) in [5, 5.41) is 9.14. The lowest BCUT2D eigenvalue weighted by molar-refractivity contribution is 0.0750. The predicted molar refractivity (Wildman–Crippen MR) is 86.1 cm³/mol. The van der Waals surface area contributed by atoms with Crippen LogP contribution in [0.15, 0.2) is 23.7 Å². The van der Waals surface area contributed by atoms with Crippen molar-refractivity contribution in [2.75, 3.05) is 31.1 Å². The Labute approximate surface area is 137 Å². The number of hydrogen-bond donors (Lipinski definition) is 0. The van der Waals surface area contributed by atoms with E-state index in [-0.39, 0.29) is 11.5 Å². The van der Waals surface area contributed by atoms with Crippen molar-refractivity contribution in [2.24, 2.45) is 0 Å². The van der Waals surface area contributed by atoms with Gasteiger partial charge in [0.2, 0.25) is 0 Å². The SMILES string of the molecule is Cc1ncsc1C(=O)N1CCN(c2cccc(F)c2C#N)CC1. The van der Waals surface area contributed by atoms with Crippen molar-refractivity contribution in [3.05, 3.63) is 45.7 Å². The molecule has 1 aliphatic heterocycles. The van der Waals surface area contributed by atoms with E-state index in [0.29, 0.717) is 36.7 Å². The number of amides is 1. The predicted octanol–water partition coefficient (Wildman–Crippen LogP) is 2.42. The van der Waals surface area contributed by atoms with Gasteiger partial charge in [-0.05, 0) is 19.1 Å². The first-order chi connectivity index (χ1) is 11.1. The average molecular weight is 330 g/mol. The molecule has 0 unspecified atom stereocenters. The van der Waals surface area contributed by atoms with Gasteiger partial charge in [-0.15, -0.1) is 11.3 Å². The summed E-state index contributed by atoms with van der Waals surface area (Å²) in [6, 6.07) is 6.55. The first kappa shape index (κ1) is 15.4. The highest BCUT2D eigenvalue weighted by molar-refractivity contribution is 7.11. The van der Waals surface area contributed by atoms with Gasteiger partial charge in [-0.3, -0.25) is 4.79 Å². The number of rotatable bonds is 2. The second-order valence-corrected chi connectivity index (χ2v) is 6.15. The van der Waals surface area contributed by atoms with Gasteiger partial charge in [0.15, 0.2) is 0 Å². The maximum absolute atomic E-state index is 13.7. The third-order valence-electron chi connectivity index (χ3n) is 3.95. The molecule has 1 aromatic heterocycles. The van der Waals surface area contributed by atoms with Crippen LogP contribution in [0, 0.1) is 24.1 Å². The smallest absolute Gasteiger partial charge is 0.265 e. The first-order valence-corrected chi connectivity index (χ1v) is 8.12. The van der Waals surface area contributed by atoms with Crippen LogP contribution < -0.4 is 4.90 Å². The largest absolute Gasteiger partial charge is 0.367 e. The van der Waals surface area contributed by atoms with Crippen LogP contribution in [0.4, 0.5) is 10.1 Å². The van der Waals surface area contributed by atoms with Crippen molar-refractivity contribution < 1.29 is 9.18 Å². The summed E-state index contributed by atoms with van der Waals surface area (Å²) in [4.78, 5) is 21.0. The monoisotopic (exact) mass is 330 g/mol. The molecule has 5 nitrogen and oxygen atoms in total. The highest BCUT2D eigenvalue weighted by Gasteiger charge is 2.25. The summed E-state index contributed by atoms with van der Waals surface area (Å²) in [6.07, 6.45) is 0. The number of halogens is 1. The van der Waals surface area contributed by atoms with E-state index in [0.717, 1.165) is 5.69 Å². The van der Waals surface area contributed by atoms with E-state index >= 15 is 0 Å². The molecule has 0 saturated carbocycles. The van der Waals surface area contributed by atoms with Crippen LogP contribution in [0.1, 0.15) is 20.9 Å². The van der Waals surface area contributed by atoms with Gasteiger partial charge in [0, 0.05) is 26.2 Å². The Bertz CT molecular complexity index is 775. The Hall–Kier alpha value is -2.46. The van der Waals surface area contributed by atoms with Gasteiger partial charge in [-0.1, -0.05) is 6.07 Å². The molecule has 0 spiro atoms. The minimum absolute atomic E-state index is 0.00982. The number of carbonyl (C=O) groups excluding carboxylic acids is 1. The summed E-state index contributed by atoms with van der Waals surface area (Å²) in [5.41, 5.74) is 3.07. The number of nitriles is 1. The summed E-state index contributed by atoms with van der Waals surface area (Å²) >= 11 is 1.35. The normalized spacial score (nSPS) is 14.7. The molecule has 0 atom stereocenters. The quantitative estimate of drug-likeness (QED) is 0.848. The fourth-order valence-corrected chi connectivity index (χ4v) is 3.46. The van der Waals surface area contributed by atoms with Crippen LogP contribution in [-0.2, 0) is 0 Å². The van der Waals surface area contributed by atoms with Crippen molar-refractivity contribution in [2.45, 2.75) is 6.92 Å². The average Bonchev–Trinajstić information content (AvgIpc) is 3.00. The second kappa shape index (κ2) is 6.34. The lowest BCUT2D eigenvalue weighted by Gasteiger charge is -2.36. The summed E-state index contributed by atoms with van der Waals surface area (Å²) in [6.45, 7) is 4.05. The zero-order valence-electron chi connectivity index (χ0n) is 12.6. The maximum atomic E-state index is 13.7. The summed E-state index contributed by atoms with van der Waals surface area (Å²) in [5.74, 6) is -0.520. The van der Waals surface area contributed by atoms with Gasteiger partial charge < -0.3 is 9.80 Å². The molecule has 1 aliphatic rings. The molecule has 0 aliphatic carbocycles. The maximum Gasteiger partial charge on any atom is 0.265 e. The van der Waals surface area contributed by atoms with E-state index in [2.05, 4.69) is 4.98 Å². The molecular formula is C16H15FN4OS. The number of benzene rings is 1. The highest BCUT2D eigenvalue weighted by atomic mass is 32.1. The third-order valence-corrected chi connectivity index (χ3v) is 4.87. The molecule has 0 radical (unpaired) electrons. The number of anilines is 1. The lowest BCUT2D eigenvalue weighted by Crippen LogP contribution is -2.49. The molecule has 1 saturated heterocycles. The van der Waals surface area contributed by atoms with Crippen molar-refractivity contribution >= 4 is 22.9 Å². The molecule has 2 aromatic rings. The summed E-state index contributed by atoms with van der Waals surface area (Å²) < 4.78 is 13.7. The number of aryl methyl sites for hydroxylation is 1. The number of carbonyl (C=O) groups is 1. The standard InChI is InChI=1S/C16H15FN4OS/c1-11-15(23-10-19-11)16(22)21-7-5-20(6-8-21)14-4-2-3-13(17)12(14)9-18/h2-4,10H,5-8H2,1H3. The van der Waals surface area contributed by atoms with Crippen molar-refractivity contribution in [1.82, 2.24) is 9.88 Å². The molecule has 1 amide bonds. The first-order valence-electron chi connectivity index (χ1n) is 7.24. The van der Waals surface area contributed by atoms with Gasteiger partial charge >= 0.3 is 0 Å². The number of thiazole rings is 1. The minimum Gasteiger partial charge on any atom is -0.367 e. The lowest BCUT2D eigenvalue weighted by atomic mass is 10.1. The second-order valence-electron chi connectivity index (χ2n) is 5.29. The van der Waals surface area contributed by atoms with Crippen molar-refractivity contribution in [3.8, 4) is 6.07 Å². The zero-order chi connectivity index (χ0) is 16.4. The molecule has 1 aromatic carbocycles. The van der Waals surface area contributed by atoms with Crippen molar-refractivity contribution in [1.29, 1.82) is 5.26 Å². The Morgan fingerprint density at radius 2 is 2.09 bits per heavy atom. The molecule has 118 valence electrons. The molecule has 0 N–H and O–H groups in total. The van der Waals surface area contributed by atoms with Crippen LogP contribution in [0.3, 0.4) is 0 Å². The van der Waals surface area contributed by atoms with E-state index < -0.39 is 5.82 Å². The van der Waals surface area contributed by atoms with Crippen molar-refractivity contribution in [3.63, 3.8) is 0 Å². The Kier molecular flexibility index (Phi) is 4.26. The van der Waals surface area contributed by atoms with Gasteiger partial charge in [-0.25, -0.2) is 9.37 Å². The van der Waals surface area contributed by atoms with Gasteiger partial charge in [0.1, 0.15) is 22.3 Å². The number of piperazine rings is 1. The zero-order valence-corrected chi connectivity index (χ0v) is 13.4. The van der Waals surface area contributed by atoms with E-state index in [4.69, 9.17) is 5.26 Å². The number of hydrogen-bond acceptors (Lipinski definition) is 5. The Morgan fingerprint density at radius 3 is 2.70 bits per heavy atom. The highest BCUT2D eigenvalue weighted by Crippen LogP contribution is 2.24. The topological polar surface area (TPSA) is 60.2 Å². The molecule has 0 bridgehead atoms. The van der Waals surface area contributed by atoms with Gasteiger partial charge in [0.05, 0.1) is 16.9 Å². The molecule has 2 heterocycles. The molecule has 23 heavy (non-hydrogen) atoms. The van der Waals surface area contributed by atoms with Crippen LogP contribution in [0.2, 0.25) is 0 Å². The Balaban J connectivity index is 1.72. The van der Waals surface area contributed by atoms with E-state index in [1.54, 1.807) is 22.5 Å². The fourth-order valence-electron chi connectivity index (χ4n) is 2.69. The van der Waals surface area contributed by atoms with Crippen LogP contribution in [0.5, 0.6) is 0 Å². The third kappa shape index (κ3) is 2.90. The minimum atomic E-state index is -0.510. The van der Waals surface area contributed by atoms with Gasteiger partial charge in [0.25, 0.3) is 5.91 Å². The number of aromatic nitrogens is 1. The van der Waals surface area contributed by atoms with Crippen LogP contribution in [0.25, 0.3) is 0 Å². The molecule has 1 fully saturated rings. The Morgan fingerprint density at radius 1 is 1.35 bits per heavy atom. The van der Waals surface area contributed by atoms with Crippen LogP contribution in [-0.4, -0.2) is 42.0 Å². The summed E-state index contributed by atoms with van der Waals surface area (Å²) in [7, 11) is 0. The molecule has 3 rings (SSSR count). The van der Waals surface area contributed by atoms with E-state index in [9.17, 15) is 9.18 Å². The molecule has 7 heteroatoms. The molecular weight excluding hydrogens is 315 g/mol. The number of nitrogens with zero attached hydrogens (tertiary/aromatic N) is 4. The van der Waals surface area contributed by atoms with Crippen LogP contribution >= 0.6 is 11.3 Å².